The Morgan fingerprint density at radius 3 is 2.55 bits per heavy atom. The molecule has 0 aliphatic carbocycles. The van der Waals surface area contributed by atoms with Gasteiger partial charge in [-0.25, -0.2) is 0 Å². The van der Waals surface area contributed by atoms with Crippen LogP contribution >= 0.6 is 0 Å². The number of rotatable bonds is 7. The minimum absolute atomic E-state index is 0.247. The normalized spacial score (nSPS) is 17.9. The molecule has 1 atom stereocenters. The maximum atomic E-state index is 12.4. The Hall–Kier alpha value is -1.20. The highest BCUT2D eigenvalue weighted by atomic mass is 19.3. The number of benzene rings is 1. The minimum Gasteiger partial charge on any atom is -0.435 e. The second kappa shape index (κ2) is 8.44. The Balaban J connectivity index is 2.15. The summed E-state index contributed by atoms with van der Waals surface area (Å²) in [7, 11) is 0. The van der Waals surface area contributed by atoms with E-state index in [1.807, 2.05) is 6.07 Å². The molecule has 0 amide bonds. The number of hydrogen-bond donors (Lipinski definition) is 1. The molecular formula is C17H26F2N2O. The Morgan fingerprint density at radius 2 is 1.91 bits per heavy atom. The SMILES string of the molecule is CC(C)CC[C@@H](c1cccc(OC(F)F)c1)N1CCNCC1. The predicted molar refractivity (Wildman–Crippen MR) is 84.3 cm³/mol. The molecule has 1 saturated heterocycles. The van der Waals surface area contributed by atoms with Crippen LogP contribution in [0.25, 0.3) is 0 Å². The van der Waals surface area contributed by atoms with Crippen LogP contribution in [-0.2, 0) is 0 Å². The Bertz CT molecular complexity index is 448. The molecule has 22 heavy (non-hydrogen) atoms. The van der Waals surface area contributed by atoms with Gasteiger partial charge in [0.05, 0.1) is 0 Å². The van der Waals surface area contributed by atoms with E-state index >= 15 is 0 Å². The molecule has 1 aliphatic heterocycles. The molecule has 1 aliphatic rings. The van der Waals surface area contributed by atoms with Gasteiger partial charge in [0.2, 0.25) is 0 Å². The summed E-state index contributed by atoms with van der Waals surface area (Å²) < 4.78 is 29.4. The van der Waals surface area contributed by atoms with Crippen LogP contribution in [0.2, 0.25) is 0 Å². The van der Waals surface area contributed by atoms with Crippen molar-refractivity contribution in [2.45, 2.75) is 39.3 Å². The van der Waals surface area contributed by atoms with Crippen molar-refractivity contribution in [2.24, 2.45) is 5.92 Å². The van der Waals surface area contributed by atoms with Gasteiger partial charge in [-0.05, 0) is 36.5 Å². The maximum Gasteiger partial charge on any atom is 0.387 e. The highest BCUT2D eigenvalue weighted by molar-refractivity contribution is 5.30. The first-order valence-corrected chi connectivity index (χ1v) is 8.06. The van der Waals surface area contributed by atoms with Gasteiger partial charge < -0.3 is 10.1 Å². The third-order valence-corrected chi connectivity index (χ3v) is 4.08. The van der Waals surface area contributed by atoms with Gasteiger partial charge in [0.15, 0.2) is 0 Å². The highest BCUT2D eigenvalue weighted by Gasteiger charge is 2.22. The van der Waals surface area contributed by atoms with Crippen LogP contribution in [0.5, 0.6) is 5.75 Å². The largest absolute Gasteiger partial charge is 0.435 e. The second-order valence-corrected chi connectivity index (χ2v) is 6.22. The first-order chi connectivity index (χ1) is 10.6. The fourth-order valence-corrected chi connectivity index (χ4v) is 2.94. The lowest BCUT2D eigenvalue weighted by Gasteiger charge is -2.35. The number of nitrogens with zero attached hydrogens (tertiary/aromatic N) is 1. The Morgan fingerprint density at radius 1 is 1.18 bits per heavy atom. The van der Waals surface area contributed by atoms with E-state index in [0.29, 0.717) is 5.92 Å². The highest BCUT2D eigenvalue weighted by Crippen LogP contribution is 2.30. The first kappa shape index (κ1) is 17.2. The lowest BCUT2D eigenvalue weighted by molar-refractivity contribution is -0.0499. The molecule has 124 valence electrons. The molecule has 0 saturated carbocycles. The fraction of sp³-hybridized carbons (Fsp3) is 0.647. The van der Waals surface area contributed by atoms with E-state index in [9.17, 15) is 8.78 Å². The van der Waals surface area contributed by atoms with Crippen molar-refractivity contribution in [1.82, 2.24) is 10.2 Å². The van der Waals surface area contributed by atoms with Crippen LogP contribution in [0.1, 0.15) is 38.3 Å². The molecule has 1 aromatic carbocycles. The average molecular weight is 312 g/mol. The topological polar surface area (TPSA) is 24.5 Å². The standard InChI is InChI=1S/C17H26F2N2O/c1-13(2)6-7-16(21-10-8-20-9-11-21)14-4-3-5-15(12-14)22-17(18)19/h3-5,12-13,16-17,20H,6-11H2,1-2H3/t16-/m0/s1. The van der Waals surface area contributed by atoms with E-state index in [1.54, 1.807) is 18.2 Å². The van der Waals surface area contributed by atoms with Gasteiger partial charge in [-0.15, -0.1) is 0 Å². The first-order valence-electron chi connectivity index (χ1n) is 8.06. The van der Waals surface area contributed by atoms with Crippen LogP contribution in [0.3, 0.4) is 0 Å². The smallest absolute Gasteiger partial charge is 0.387 e. The van der Waals surface area contributed by atoms with Crippen LogP contribution < -0.4 is 10.1 Å². The summed E-state index contributed by atoms with van der Waals surface area (Å²) in [6.45, 7) is 5.59. The quantitative estimate of drug-likeness (QED) is 0.831. The van der Waals surface area contributed by atoms with Crippen molar-refractivity contribution < 1.29 is 13.5 Å². The van der Waals surface area contributed by atoms with Gasteiger partial charge in [0, 0.05) is 32.2 Å². The maximum absolute atomic E-state index is 12.4. The molecule has 1 fully saturated rings. The van der Waals surface area contributed by atoms with E-state index in [-0.39, 0.29) is 11.8 Å². The summed E-state index contributed by atoms with van der Waals surface area (Å²) >= 11 is 0. The van der Waals surface area contributed by atoms with Gasteiger partial charge in [-0.3, -0.25) is 4.90 Å². The van der Waals surface area contributed by atoms with Crippen LogP contribution in [0, 0.1) is 5.92 Å². The number of ether oxygens (including phenoxy) is 1. The van der Waals surface area contributed by atoms with E-state index in [4.69, 9.17) is 0 Å². The van der Waals surface area contributed by atoms with Gasteiger partial charge in [-0.1, -0.05) is 26.0 Å². The van der Waals surface area contributed by atoms with E-state index in [2.05, 4.69) is 28.8 Å². The van der Waals surface area contributed by atoms with Gasteiger partial charge in [0.1, 0.15) is 5.75 Å². The molecule has 1 heterocycles. The fourth-order valence-electron chi connectivity index (χ4n) is 2.94. The Labute approximate surface area is 131 Å². The van der Waals surface area contributed by atoms with Crippen LogP contribution in [0.4, 0.5) is 8.78 Å². The van der Waals surface area contributed by atoms with Gasteiger partial charge >= 0.3 is 6.61 Å². The molecule has 0 aromatic heterocycles. The predicted octanol–water partition coefficient (Wildman–Crippen LogP) is 3.67. The number of hydrogen-bond acceptors (Lipinski definition) is 3. The summed E-state index contributed by atoms with van der Waals surface area (Å²) in [5.74, 6) is 0.878. The molecule has 1 N–H and O–H groups in total. The summed E-state index contributed by atoms with van der Waals surface area (Å²) in [4.78, 5) is 2.44. The molecule has 2 rings (SSSR count). The lowest BCUT2D eigenvalue weighted by Crippen LogP contribution is -2.45. The minimum atomic E-state index is -2.77. The molecule has 0 bridgehead atoms. The zero-order chi connectivity index (χ0) is 15.9. The van der Waals surface area contributed by atoms with E-state index < -0.39 is 6.61 Å². The monoisotopic (exact) mass is 312 g/mol. The zero-order valence-electron chi connectivity index (χ0n) is 13.4. The van der Waals surface area contributed by atoms with Crippen molar-refractivity contribution in [3.8, 4) is 5.75 Å². The molecule has 0 spiro atoms. The number of piperazine rings is 1. The molecule has 3 nitrogen and oxygen atoms in total. The van der Waals surface area contributed by atoms with E-state index in [0.717, 1.165) is 44.6 Å². The lowest BCUT2D eigenvalue weighted by atomic mass is 9.95. The average Bonchev–Trinajstić information content (AvgIpc) is 2.48. The molecule has 0 unspecified atom stereocenters. The van der Waals surface area contributed by atoms with Gasteiger partial charge in [-0.2, -0.15) is 8.78 Å². The van der Waals surface area contributed by atoms with Crippen molar-refractivity contribution in [3.05, 3.63) is 29.8 Å². The zero-order valence-corrected chi connectivity index (χ0v) is 13.4. The van der Waals surface area contributed by atoms with Crippen molar-refractivity contribution in [2.75, 3.05) is 26.2 Å². The van der Waals surface area contributed by atoms with Crippen LogP contribution in [-0.4, -0.2) is 37.7 Å². The van der Waals surface area contributed by atoms with E-state index in [1.165, 1.54) is 0 Å². The summed E-state index contributed by atoms with van der Waals surface area (Å²) in [5, 5.41) is 3.36. The number of alkyl halides is 2. The number of halogens is 2. The molecule has 5 heteroatoms. The second-order valence-electron chi connectivity index (χ2n) is 6.22. The molecule has 1 aromatic rings. The molecule has 0 radical (unpaired) electrons. The van der Waals surface area contributed by atoms with Crippen molar-refractivity contribution >= 4 is 0 Å². The summed E-state index contributed by atoms with van der Waals surface area (Å²) in [6, 6.07) is 7.44. The molecular weight excluding hydrogens is 286 g/mol. The van der Waals surface area contributed by atoms with Crippen LogP contribution in [0.15, 0.2) is 24.3 Å². The third kappa shape index (κ3) is 5.21. The summed E-state index contributed by atoms with van der Waals surface area (Å²) in [5.41, 5.74) is 1.07. The van der Waals surface area contributed by atoms with Crippen molar-refractivity contribution in [1.29, 1.82) is 0 Å². The Kier molecular flexibility index (Phi) is 6.58. The van der Waals surface area contributed by atoms with Gasteiger partial charge in [0.25, 0.3) is 0 Å². The third-order valence-electron chi connectivity index (χ3n) is 4.08. The summed E-state index contributed by atoms with van der Waals surface area (Å²) in [6.07, 6.45) is 2.16. The van der Waals surface area contributed by atoms with Crippen molar-refractivity contribution in [3.63, 3.8) is 0 Å². The number of nitrogens with one attached hydrogen (secondary N) is 1.